The zero-order valence-corrected chi connectivity index (χ0v) is 10.4. The van der Waals surface area contributed by atoms with Crippen molar-refractivity contribution >= 4 is 17.5 Å². The number of aromatic nitrogens is 2. The quantitative estimate of drug-likeness (QED) is 0.801. The molecule has 0 bridgehead atoms. The average Bonchev–Trinajstić information content (AvgIpc) is 2.39. The van der Waals surface area contributed by atoms with Gasteiger partial charge in [-0.15, -0.1) is 10.2 Å². The molecular weight excluding hydrogens is 242 g/mol. The maximum atomic E-state index is 12.1. The van der Waals surface area contributed by atoms with Gasteiger partial charge < -0.3 is 9.64 Å². The number of carbonyl (C=O) groups excluding carboxylic acids is 1. The van der Waals surface area contributed by atoms with E-state index in [0.29, 0.717) is 18.9 Å². The molecule has 1 aromatic rings. The summed E-state index contributed by atoms with van der Waals surface area (Å²) in [5.74, 6) is -0.124. The largest absolute Gasteiger partial charge is 0.381 e. The van der Waals surface area contributed by atoms with Gasteiger partial charge in [-0.1, -0.05) is 11.6 Å². The Balaban J connectivity index is 2.05. The third-order valence-corrected chi connectivity index (χ3v) is 3.11. The number of ether oxygens (including phenoxy) is 1. The molecular formula is C11H14ClN3O2. The van der Waals surface area contributed by atoms with Crippen molar-refractivity contribution in [1.29, 1.82) is 0 Å². The Bertz CT molecular complexity index is 390. The molecule has 1 aliphatic rings. The lowest BCUT2D eigenvalue weighted by Crippen LogP contribution is -2.41. The lowest BCUT2D eigenvalue weighted by Gasteiger charge is -2.30. The molecule has 17 heavy (non-hydrogen) atoms. The molecule has 2 rings (SSSR count). The summed E-state index contributed by atoms with van der Waals surface area (Å²) in [4.78, 5) is 13.8. The van der Waals surface area contributed by atoms with Gasteiger partial charge in [0.25, 0.3) is 5.91 Å². The van der Waals surface area contributed by atoms with Crippen LogP contribution >= 0.6 is 11.6 Å². The molecule has 6 heteroatoms. The number of hydrogen-bond donors (Lipinski definition) is 0. The fraction of sp³-hybridized carbons (Fsp3) is 0.545. The number of halogens is 1. The minimum Gasteiger partial charge on any atom is -0.381 e. The molecule has 92 valence electrons. The third-order valence-electron chi connectivity index (χ3n) is 2.91. The van der Waals surface area contributed by atoms with Crippen LogP contribution in [-0.2, 0) is 4.74 Å². The molecule has 0 spiro atoms. The van der Waals surface area contributed by atoms with Gasteiger partial charge in [0.2, 0.25) is 0 Å². The van der Waals surface area contributed by atoms with E-state index in [1.807, 2.05) is 0 Å². The van der Waals surface area contributed by atoms with Crippen LogP contribution in [0.4, 0.5) is 0 Å². The van der Waals surface area contributed by atoms with Gasteiger partial charge in [-0.05, 0) is 25.0 Å². The number of carbonyl (C=O) groups is 1. The van der Waals surface area contributed by atoms with Crippen LogP contribution in [0.5, 0.6) is 0 Å². The monoisotopic (exact) mass is 255 g/mol. The van der Waals surface area contributed by atoms with Gasteiger partial charge in [0, 0.05) is 26.3 Å². The maximum Gasteiger partial charge on any atom is 0.274 e. The van der Waals surface area contributed by atoms with E-state index in [1.54, 1.807) is 24.1 Å². The smallest absolute Gasteiger partial charge is 0.274 e. The first kappa shape index (κ1) is 12.3. The van der Waals surface area contributed by atoms with Crippen LogP contribution in [0.2, 0.25) is 5.15 Å². The van der Waals surface area contributed by atoms with E-state index < -0.39 is 0 Å². The van der Waals surface area contributed by atoms with Crippen molar-refractivity contribution in [1.82, 2.24) is 15.1 Å². The summed E-state index contributed by atoms with van der Waals surface area (Å²) in [6.07, 6.45) is 1.73. The molecule has 2 heterocycles. The molecule has 1 fully saturated rings. The number of amides is 1. The molecule has 1 aromatic heterocycles. The van der Waals surface area contributed by atoms with Crippen molar-refractivity contribution in [3.05, 3.63) is 23.0 Å². The average molecular weight is 256 g/mol. The Morgan fingerprint density at radius 2 is 2.12 bits per heavy atom. The van der Waals surface area contributed by atoms with E-state index in [1.165, 1.54) is 0 Å². The fourth-order valence-electron chi connectivity index (χ4n) is 1.85. The summed E-state index contributed by atoms with van der Waals surface area (Å²) in [6, 6.07) is 3.38. The maximum absolute atomic E-state index is 12.1. The van der Waals surface area contributed by atoms with Gasteiger partial charge in [-0.3, -0.25) is 4.79 Å². The Labute approximate surface area is 105 Å². The Morgan fingerprint density at radius 3 is 2.71 bits per heavy atom. The van der Waals surface area contributed by atoms with Crippen LogP contribution in [0.25, 0.3) is 0 Å². The first-order valence-corrected chi connectivity index (χ1v) is 5.90. The Morgan fingerprint density at radius 1 is 1.41 bits per heavy atom. The summed E-state index contributed by atoms with van der Waals surface area (Å²) < 4.78 is 5.27. The van der Waals surface area contributed by atoms with Crippen LogP contribution in [-0.4, -0.2) is 47.3 Å². The van der Waals surface area contributed by atoms with E-state index in [9.17, 15) is 4.79 Å². The highest BCUT2D eigenvalue weighted by Crippen LogP contribution is 2.15. The van der Waals surface area contributed by atoms with Gasteiger partial charge in [0.1, 0.15) is 0 Å². The summed E-state index contributed by atoms with van der Waals surface area (Å²) >= 11 is 5.63. The second-order valence-corrected chi connectivity index (χ2v) is 4.39. The predicted octanol–water partition coefficient (Wildman–Crippen LogP) is 1.38. The zero-order valence-electron chi connectivity index (χ0n) is 9.60. The second kappa shape index (κ2) is 5.42. The highest BCUT2D eigenvalue weighted by atomic mass is 35.5. The topological polar surface area (TPSA) is 55.3 Å². The minimum atomic E-state index is -0.124. The highest BCUT2D eigenvalue weighted by molar-refractivity contribution is 6.29. The highest BCUT2D eigenvalue weighted by Gasteiger charge is 2.24. The summed E-state index contributed by atoms with van der Waals surface area (Å²) in [6.45, 7) is 1.41. The molecule has 1 aliphatic heterocycles. The molecule has 0 radical (unpaired) electrons. The molecule has 0 atom stereocenters. The van der Waals surface area contributed by atoms with Crippen molar-refractivity contribution in [3.8, 4) is 0 Å². The molecule has 1 saturated heterocycles. The van der Waals surface area contributed by atoms with Crippen LogP contribution in [0.3, 0.4) is 0 Å². The second-order valence-electron chi connectivity index (χ2n) is 4.00. The van der Waals surface area contributed by atoms with Crippen molar-refractivity contribution < 1.29 is 9.53 Å². The standard InChI is InChI=1S/C11H14ClN3O2/c1-15(8-4-6-17-7-5-8)11(16)9-2-3-10(12)14-13-9/h2-3,8H,4-7H2,1H3. The molecule has 5 nitrogen and oxygen atoms in total. The van der Waals surface area contributed by atoms with Crippen molar-refractivity contribution in [3.63, 3.8) is 0 Å². The Hall–Kier alpha value is -1.20. The van der Waals surface area contributed by atoms with Crippen LogP contribution in [0.15, 0.2) is 12.1 Å². The van der Waals surface area contributed by atoms with Crippen LogP contribution < -0.4 is 0 Å². The van der Waals surface area contributed by atoms with Gasteiger partial charge in [0.05, 0.1) is 0 Å². The minimum absolute atomic E-state index is 0.124. The lowest BCUT2D eigenvalue weighted by molar-refractivity contribution is 0.0358. The number of rotatable bonds is 2. The van der Waals surface area contributed by atoms with Crippen molar-refractivity contribution in [2.45, 2.75) is 18.9 Å². The summed E-state index contributed by atoms with van der Waals surface area (Å²) in [7, 11) is 1.79. The first-order valence-electron chi connectivity index (χ1n) is 5.52. The van der Waals surface area contributed by atoms with E-state index in [4.69, 9.17) is 16.3 Å². The van der Waals surface area contributed by atoms with E-state index >= 15 is 0 Å². The van der Waals surface area contributed by atoms with Gasteiger partial charge in [0.15, 0.2) is 10.8 Å². The van der Waals surface area contributed by atoms with Crippen LogP contribution in [0.1, 0.15) is 23.3 Å². The SMILES string of the molecule is CN(C(=O)c1ccc(Cl)nn1)C1CCOCC1. The molecule has 0 saturated carbocycles. The summed E-state index contributed by atoms with van der Waals surface area (Å²) in [5, 5.41) is 7.75. The third kappa shape index (κ3) is 2.92. The van der Waals surface area contributed by atoms with Crippen molar-refractivity contribution in [2.24, 2.45) is 0 Å². The van der Waals surface area contributed by atoms with Crippen LogP contribution in [0, 0.1) is 0 Å². The lowest BCUT2D eigenvalue weighted by atomic mass is 10.1. The number of hydrogen-bond acceptors (Lipinski definition) is 4. The normalized spacial score (nSPS) is 16.8. The Kier molecular flexibility index (Phi) is 3.91. The molecule has 0 unspecified atom stereocenters. The van der Waals surface area contributed by atoms with E-state index in [0.717, 1.165) is 12.8 Å². The molecule has 0 aromatic carbocycles. The zero-order chi connectivity index (χ0) is 12.3. The van der Waals surface area contributed by atoms with E-state index in [2.05, 4.69) is 10.2 Å². The molecule has 1 amide bonds. The fourth-order valence-corrected chi connectivity index (χ4v) is 1.95. The van der Waals surface area contributed by atoms with Gasteiger partial charge in [-0.25, -0.2) is 0 Å². The first-order chi connectivity index (χ1) is 8.18. The molecule has 0 N–H and O–H groups in total. The number of nitrogens with zero attached hydrogens (tertiary/aromatic N) is 3. The predicted molar refractivity (Wildman–Crippen MR) is 63.0 cm³/mol. The van der Waals surface area contributed by atoms with Gasteiger partial charge in [-0.2, -0.15) is 0 Å². The summed E-state index contributed by atoms with van der Waals surface area (Å²) in [5.41, 5.74) is 0.323. The van der Waals surface area contributed by atoms with Crippen molar-refractivity contribution in [2.75, 3.05) is 20.3 Å². The van der Waals surface area contributed by atoms with E-state index in [-0.39, 0.29) is 17.1 Å². The molecule has 0 aliphatic carbocycles. The van der Waals surface area contributed by atoms with Gasteiger partial charge >= 0.3 is 0 Å².